The van der Waals surface area contributed by atoms with E-state index < -0.39 is 15.1 Å². The molecule has 0 aromatic carbocycles. The molecule has 17 heavy (non-hydrogen) atoms. The number of hydrogen-bond donors (Lipinski definition) is 0. The molecule has 3 rings (SSSR count). The predicted octanol–water partition coefficient (Wildman–Crippen LogP) is 2.35. The fraction of sp³-hybridized carbons (Fsp3) is 0.364. The number of rotatable bonds is 1. The van der Waals surface area contributed by atoms with Gasteiger partial charge < -0.3 is 4.40 Å². The molecule has 0 N–H and O–H groups in total. The first-order chi connectivity index (χ1) is 8.06. The molecule has 2 aromatic heterocycles. The van der Waals surface area contributed by atoms with Crippen LogP contribution in [0.4, 0.5) is 0 Å². The molecular formula is C11H11BrN2O2S. The van der Waals surface area contributed by atoms with Crippen LogP contribution >= 0.6 is 15.9 Å². The summed E-state index contributed by atoms with van der Waals surface area (Å²) in [7, 11) is -2.99. The first-order valence-corrected chi connectivity index (χ1v) is 7.93. The number of pyridine rings is 1. The summed E-state index contributed by atoms with van der Waals surface area (Å²) < 4.78 is 26.5. The van der Waals surface area contributed by atoms with Gasteiger partial charge in [-0.3, -0.25) is 0 Å². The van der Waals surface area contributed by atoms with Crippen molar-refractivity contribution in [2.24, 2.45) is 0 Å². The van der Waals surface area contributed by atoms with Gasteiger partial charge in [-0.1, -0.05) is 15.9 Å². The van der Waals surface area contributed by atoms with Crippen LogP contribution in [0.1, 0.15) is 23.8 Å². The minimum absolute atomic E-state index is 0.287. The molecule has 2 aromatic rings. The van der Waals surface area contributed by atoms with E-state index in [9.17, 15) is 8.42 Å². The Morgan fingerprint density at radius 3 is 3.00 bits per heavy atom. The smallest absolute Gasteiger partial charge is 0.158 e. The Morgan fingerprint density at radius 2 is 2.29 bits per heavy atom. The molecule has 1 saturated heterocycles. The molecule has 1 aliphatic heterocycles. The van der Waals surface area contributed by atoms with E-state index in [1.54, 1.807) is 0 Å². The van der Waals surface area contributed by atoms with Gasteiger partial charge in [0.05, 0.1) is 11.4 Å². The Bertz CT molecular complexity index is 678. The van der Waals surface area contributed by atoms with E-state index in [1.807, 2.05) is 28.9 Å². The van der Waals surface area contributed by atoms with Gasteiger partial charge in [0, 0.05) is 16.9 Å². The average molecular weight is 315 g/mol. The standard InChI is InChI=1S/C11H11BrN2O2S/c12-8-3-4-14-7-9(13-11(14)6-8)10-2-1-5-17(10,15)16/h3-4,6-7,10H,1-2,5H2. The second kappa shape index (κ2) is 3.81. The lowest BCUT2D eigenvalue weighted by Gasteiger charge is -2.03. The molecule has 0 saturated carbocycles. The topological polar surface area (TPSA) is 51.4 Å². The largest absolute Gasteiger partial charge is 0.307 e. The van der Waals surface area contributed by atoms with Gasteiger partial charge in [-0.25, -0.2) is 13.4 Å². The van der Waals surface area contributed by atoms with Crippen LogP contribution in [0, 0.1) is 0 Å². The number of sulfone groups is 1. The predicted molar refractivity (Wildman–Crippen MR) is 68.7 cm³/mol. The zero-order chi connectivity index (χ0) is 12.0. The lowest BCUT2D eigenvalue weighted by atomic mass is 10.2. The Kier molecular flexibility index (Phi) is 2.52. The van der Waals surface area contributed by atoms with Crippen LogP contribution in [0.25, 0.3) is 5.65 Å². The minimum atomic E-state index is -2.99. The lowest BCUT2D eigenvalue weighted by molar-refractivity contribution is 0.591. The third-order valence-corrected chi connectivity index (χ3v) is 5.79. The summed E-state index contributed by atoms with van der Waals surface area (Å²) in [6.45, 7) is 0. The quantitative estimate of drug-likeness (QED) is 0.812. The minimum Gasteiger partial charge on any atom is -0.307 e. The first-order valence-electron chi connectivity index (χ1n) is 5.42. The Balaban J connectivity index is 2.12. The van der Waals surface area contributed by atoms with Crippen LogP contribution in [0.2, 0.25) is 0 Å². The van der Waals surface area contributed by atoms with E-state index in [0.29, 0.717) is 12.1 Å². The molecule has 1 unspecified atom stereocenters. The molecule has 1 atom stereocenters. The highest BCUT2D eigenvalue weighted by molar-refractivity contribution is 9.10. The Morgan fingerprint density at radius 1 is 1.47 bits per heavy atom. The summed E-state index contributed by atoms with van der Waals surface area (Å²) in [6.07, 6.45) is 5.12. The van der Waals surface area contributed by atoms with Crippen LogP contribution in [-0.4, -0.2) is 23.6 Å². The summed E-state index contributed by atoms with van der Waals surface area (Å²) >= 11 is 3.38. The van der Waals surface area contributed by atoms with E-state index in [4.69, 9.17) is 0 Å². The van der Waals surface area contributed by atoms with Gasteiger partial charge >= 0.3 is 0 Å². The van der Waals surface area contributed by atoms with Crippen molar-refractivity contribution < 1.29 is 8.42 Å². The fourth-order valence-electron chi connectivity index (χ4n) is 2.26. The zero-order valence-corrected chi connectivity index (χ0v) is 11.4. The molecule has 6 heteroatoms. The highest BCUT2D eigenvalue weighted by Gasteiger charge is 2.34. The van der Waals surface area contributed by atoms with Crippen LogP contribution in [0.5, 0.6) is 0 Å². The summed E-state index contributed by atoms with van der Waals surface area (Å²) in [5.74, 6) is 0.287. The molecule has 0 bridgehead atoms. The second-order valence-corrected chi connectivity index (χ2v) is 7.49. The van der Waals surface area contributed by atoms with Gasteiger partial charge in [0.1, 0.15) is 10.9 Å². The third-order valence-electron chi connectivity index (χ3n) is 3.10. The maximum atomic E-state index is 11.8. The number of fused-ring (bicyclic) bond motifs is 1. The number of aromatic nitrogens is 2. The monoisotopic (exact) mass is 314 g/mol. The Labute approximate surface area is 108 Å². The number of hydrogen-bond acceptors (Lipinski definition) is 3. The van der Waals surface area contributed by atoms with E-state index in [0.717, 1.165) is 16.5 Å². The SMILES string of the molecule is O=S1(=O)CCCC1c1cn2ccc(Br)cc2n1. The van der Waals surface area contributed by atoms with Crippen molar-refractivity contribution in [1.29, 1.82) is 0 Å². The molecular weight excluding hydrogens is 304 g/mol. The van der Waals surface area contributed by atoms with Crippen LogP contribution in [0.3, 0.4) is 0 Å². The van der Waals surface area contributed by atoms with Crippen LogP contribution in [-0.2, 0) is 9.84 Å². The van der Waals surface area contributed by atoms with E-state index in [1.165, 1.54) is 0 Å². The van der Waals surface area contributed by atoms with Crippen LogP contribution < -0.4 is 0 Å². The second-order valence-electron chi connectivity index (χ2n) is 4.27. The lowest BCUT2D eigenvalue weighted by Crippen LogP contribution is -2.08. The first kappa shape index (κ1) is 11.2. The maximum Gasteiger partial charge on any atom is 0.158 e. The molecule has 0 aliphatic carbocycles. The fourth-order valence-corrected chi connectivity index (χ4v) is 4.44. The van der Waals surface area contributed by atoms with Gasteiger partial charge in [-0.2, -0.15) is 0 Å². The average Bonchev–Trinajstić information content (AvgIpc) is 2.79. The normalized spacial score (nSPS) is 23.2. The number of imidazole rings is 1. The highest BCUT2D eigenvalue weighted by Crippen LogP contribution is 2.34. The molecule has 3 heterocycles. The van der Waals surface area contributed by atoms with E-state index in [-0.39, 0.29) is 5.75 Å². The van der Waals surface area contributed by atoms with Crippen molar-refractivity contribution in [2.45, 2.75) is 18.1 Å². The third kappa shape index (κ3) is 1.89. The van der Waals surface area contributed by atoms with Crippen LogP contribution in [0.15, 0.2) is 29.0 Å². The molecule has 0 amide bonds. The van der Waals surface area contributed by atoms with Crippen molar-refractivity contribution in [3.05, 3.63) is 34.7 Å². The number of nitrogens with zero attached hydrogens (tertiary/aromatic N) is 2. The maximum absolute atomic E-state index is 11.8. The van der Waals surface area contributed by atoms with E-state index in [2.05, 4.69) is 20.9 Å². The van der Waals surface area contributed by atoms with Crippen molar-refractivity contribution in [1.82, 2.24) is 9.38 Å². The summed E-state index contributed by atoms with van der Waals surface area (Å²) in [6, 6.07) is 3.78. The highest BCUT2D eigenvalue weighted by atomic mass is 79.9. The van der Waals surface area contributed by atoms with Crippen molar-refractivity contribution in [3.8, 4) is 0 Å². The van der Waals surface area contributed by atoms with Gasteiger partial charge in [0.25, 0.3) is 0 Å². The molecule has 4 nitrogen and oxygen atoms in total. The van der Waals surface area contributed by atoms with Gasteiger partial charge in [-0.05, 0) is 25.0 Å². The van der Waals surface area contributed by atoms with Crippen molar-refractivity contribution >= 4 is 31.4 Å². The molecule has 1 fully saturated rings. The van der Waals surface area contributed by atoms with Gasteiger partial charge in [0.15, 0.2) is 9.84 Å². The van der Waals surface area contributed by atoms with Gasteiger partial charge in [-0.15, -0.1) is 0 Å². The summed E-state index contributed by atoms with van der Waals surface area (Å²) in [4.78, 5) is 4.40. The zero-order valence-electron chi connectivity index (χ0n) is 9.01. The van der Waals surface area contributed by atoms with Crippen molar-refractivity contribution in [2.75, 3.05) is 5.75 Å². The van der Waals surface area contributed by atoms with Crippen molar-refractivity contribution in [3.63, 3.8) is 0 Å². The van der Waals surface area contributed by atoms with E-state index >= 15 is 0 Å². The molecule has 0 spiro atoms. The summed E-state index contributed by atoms with van der Waals surface area (Å²) in [5, 5.41) is -0.416. The number of halogens is 1. The molecule has 90 valence electrons. The summed E-state index contributed by atoms with van der Waals surface area (Å²) in [5.41, 5.74) is 1.44. The molecule has 0 radical (unpaired) electrons. The Hall–Kier alpha value is -0.880. The molecule has 1 aliphatic rings. The van der Waals surface area contributed by atoms with Gasteiger partial charge in [0.2, 0.25) is 0 Å².